The third-order valence-corrected chi connectivity index (χ3v) is 24.5. The van der Waals surface area contributed by atoms with Gasteiger partial charge in [0.05, 0.1) is 0 Å². The van der Waals surface area contributed by atoms with Crippen molar-refractivity contribution in [1.82, 2.24) is 0 Å². The van der Waals surface area contributed by atoms with Crippen molar-refractivity contribution in [3.63, 3.8) is 0 Å². The van der Waals surface area contributed by atoms with Gasteiger partial charge in [-0.05, 0) is 0 Å². The third-order valence-electron chi connectivity index (χ3n) is 11.1. The Morgan fingerprint density at radius 2 is 0.729 bits per heavy atom. The molecule has 3 rings (SSSR count). The van der Waals surface area contributed by atoms with Gasteiger partial charge in [-0.25, -0.2) is 0 Å². The Morgan fingerprint density at radius 1 is 0.438 bits per heavy atom. The van der Waals surface area contributed by atoms with Crippen LogP contribution in [0.4, 0.5) is 0 Å². The van der Waals surface area contributed by atoms with Crippen LogP contribution in [0.2, 0.25) is 16.6 Å². The molecule has 0 aliphatic carbocycles. The summed E-state index contributed by atoms with van der Waals surface area (Å²) >= 11 is -1.29. The second-order valence-corrected chi connectivity index (χ2v) is 27.3. The number of hydrogen-bond acceptors (Lipinski definition) is 0. The van der Waals surface area contributed by atoms with Gasteiger partial charge < -0.3 is 0 Å². The zero-order valence-corrected chi connectivity index (χ0v) is 38.1. The molecule has 262 valence electrons. The van der Waals surface area contributed by atoms with Gasteiger partial charge in [0, 0.05) is 0 Å². The van der Waals surface area contributed by atoms with Crippen molar-refractivity contribution in [3.05, 3.63) is 75.8 Å². The van der Waals surface area contributed by atoms with E-state index in [9.17, 15) is 0 Å². The first-order chi connectivity index (χ1) is 22.3. The molecule has 0 aliphatic rings. The van der Waals surface area contributed by atoms with Crippen LogP contribution in [0.1, 0.15) is 194 Å². The molecule has 0 saturated heterocycles. The van der Waals surface area contributed by atoms with E-state index >= 15 is 0 Å². The molecule has 2 heteroatoms. The Balaban J connectivity index is 2.73. The van der Waals surface area contributed by atoms with Crippen molar-refractivity contribution in [1.29, 1.82) is 0 Å². The van der Waals surface area contributed by atoms with Gasteiger partial charge in [-0.15, -0.1) is 0 Å². The molecule has 0 unspecified atom stereocenters. The average Bonchev–Trinajstić information content (AvgIpc) is 2.99. The van der Waals surface area contributed by atoms with E-state index in [0.29, 0.717) is 52.1 Å². The fourth-order valence-corrected chi connectivity index (χ4v) is 25.7. The summed E-state index contributed by atoms with van der Waals surface area (Å²) in [6.07, 6.45) is 0. The molecule has 0 atom stereocenters. The molecule has 0 amide bonds. The minimum atomic E-state index is -1.82. The van der Waals surface area contributed by atoms with Gasteiger partial charge in [0.15, 0.2) is 0 Å². The first kappa shape index (κ1) is 40.9. The number of hydrogen-bond donors (Lipinski definition) is 0. The number of benzene rings is 3. The van der Waals surface area contributed by atoms with Crippen LogP contribution in [0, 0.1) is 3.44 Å². The molecule has 0 aliphatic heterocycles. The van der Waals surface area contributed by atoms with Gasteiger partial charge in [-0.2, -0.15) is 0 Å². The zero-order chi connectivity index (χ0) is 36.4. The van der Waals surface area contributed by atoms with Crippen LogP contribution in [-0.4, -0.2) is 28.5 Å². The second-order valence-electron chi connectivity index (χ2n) is 17.5. The van der Waals surface area contributed by atoms with Crippen LogP contribution in [-0.2, 0) is 0 Å². The van der Waals surface area contributed by atoms with Gasteiger partial charge >= 0.3 is 310 Å². The molecule has 3 aromatic rings. The predicted octanol–water partition coefficient (Wildman–Crippen LogP) is 14.3. The van der Waals surface area contributed by atoms with Crippen LogP contribution in [0.3, 0.4) is 0 Å². The molecule has 3 aromatic carbocycles. The Hall–Kier alpha value is -1.54. The zero-order valence-electron chi connectivity index (χ0n) is 34.2. The first-order valence-electron chi connectivity index (χ1n) is 19.3. The van der Waals surface area contributed by atoms with Crippen molar-refractivity contribution in [3.8, 4) is 25.7 Å². The van der Waals surface area contributed by atoms with E-state index in [1.807, 2.05) is 0 Å². The summed E-state index contributed by atoms with van der Waals surface area (Å²) in [6, 6.07) is 17.6. The normalized spacial score (nSPS) is 12.6. The molecule has 0 nitrogen and oxygen atoms in total. The van der Waals surface area contributed by atoms with E-state index in [2.05, 4.69) is 171 Å². The Labute approximate surface area is 308 Å². The molecular formula is C46H70SiSn. The average molecular weight is 770 g/mol. The molecule has 0 N–H and O–H groups in total. The van der Waals surface area contributed by atoms with Gasteiger partial charge in [-0.3, -0.25) is 0 Å². The monoisotopic (exact) mass is 770 g/mol. The van der Waals surface area contributed by atoms with Crippen molar-refractivity contribution in [2.24, 2.45) is 0 Å². The van der Waals surface area contributed by atoms with Gasteiger partial charge in [-0.1, -0.05) is 0 Å². The molecule has 0 aromatic heterocycles. The van der Waals surface area contributed by atoms with E-state index < -0.39 is 28.5 Å². The molecule has 0 saturated carbocycles. The van der Waals surface area contributed by atoms with E-state index in [4.69, 9.17) is 0 Å². The summed E-state index contributed by atoms with van der Waals surface area (Å²) in [7, 11) is -1.82. The summed E-state index contributed by atoms with van der Waals surface area (Å²) in [5, 5.41) is 0. The van der Waals surface area contributed by atoms with Crippen LogP contribution in [0.25, 0.3) is 22.3 Å². The fourth-order valence-electron chi connectivity index (χ4n) is 8.24. The second kappa shape index (κ2) is 16.6. The van der Waals surface area contributed by atoms with Crippen molar-refractivity contribution in [2.75, 3.05) is 0 Å². The number of rotatable bonds is 11. The summed E-state index contributed by atoms with van der Waals surface area (Å²) in [5.41, 5.74) is 17.1. The summed E-state index contributed by atoms with van der Waals surface area (Å²) in [5.74, 6) is 2.81. The van der Waals surface area contributed by atoms with Crippen LogP contribution in [0.15, 0.2) is 42.5 Å². The molecule has 0 bridgehead atoms. The maximum absolute atomic E-state index is 4.63. The molecule has 0 radical (unpaired) electrons. The van der Waals surface area contributed by atoms with Crippen LogP contribution in [0.5, 0.6) is 0 Å². The fraction of sp³-hybridized carbons (Fsp3) is 0.587. The third kappa shape index (κ3) is 8.32. The molecule has 48 heavy (non-hydrogen) atoms. The van der Waals surface area contributed by atoms with E-state index in [1.165, 1.54) is 55.6 Å². The minimum absolute atomic E-state index is 0.448. The van der Waals surface area contributed by atoms with E-state index in [1.54, 1.807) is 3.58 Å². The Morgan fingerprint density at radius 3 is 0.958 bits per heavy atom. The standard InChI is InChI=1S/C36H49.C10H21Si.Sn/c1-21(2)29-17-31(23(5)6)35(32(18-29)24(7)8)27-14-13-15-28(16-27)36-33(25(9)10)19-30(22(3)4)20-34(36)26(11)12;1-8(2)11(7,9(3)4)10(5)6;/h13-15,17-26H,1-12H3;8-10H,1-6H3;. The maximum atomic E-state index is 4.63. The van der Waals surface area contributed by atoms with E-state index in [0.717, 1.165) is 0 Å². The summed E-state index contributed by atoms with van der Waals surface area (Å²) in [4.78, 5) is 0. The van der Waals surface area contributed by atoms with Crippen LogP contribution < -0.4 is 3.58 Å². The first-order valence-corrected chi connectivity index (χ1v) is 24.4. The summed E-state index contributed by atoms with van der Waals surface area (Å²) in [6.45, 7) is 43.6. The van der Waals surface area contributed by atoms with Crippen LogP contribution >= 0.6 is 0 Å². The quantitative estimate of drug-likeness (QED) is 0.170. The van der Waals surface area contributed by atoms with Gasteiger partial charge in [0.2, 0.25) is 0 Å². The Kier molecular flexibility index (Phi) is 14.2. The molecule has 0 heterocycles. The summed E-state index contributed by atoms with van der Waals surface area (Å²) < 4.78 is 6.29. The van der Waals surface area contributed by atoms with Crippen molar-refractivity contribution < 1.29 is 0 Å². The molecular weight excluding hydrogens is 699 g/mol. The van der Waals surface area contributed by atoms with Crippen molar-refractivity contribution >= 4 is 32.1 Å². The van der Waals surface area contributed by atoms with Gasteiger partial charge in [0.25, 0.3) is 0 Å². The molecule has 0 spiro atoms. The van der Waals surface area contributed by atoms with Gasteiger partial charge in [0.1, 0.15) is 0 Å². The Bertz CT molecular complexity index is 1440. The topological polar surface area (TPSA) is 0 Å². The van der Waals surface area contributed by atoms with E-state index in [-0.39, 0.29) is 0 Å². The molecule has 0 fully saturated rings. The predicted molar refractivity (Wildman–Crippen MR) is 222 cm³/mol. The van der Waals surface area contributed by atoms with Crippen molar-refractivity contribution in [2.45, 2.75) is 177 Å². The SMILES string of the molecule is CC(C)c1cc(C(C)C)c(-c2cccc(-c3c(C(C)C)cc(C(C)C)cc3C(C)C)[c]2[Sn]#[C][Si](C(C)C)(C(C)C)C(C)C)c(C(C)C)c1.